The molecule has 2 aromatic rings. The first kappa shape index (κ1) is 13.1. The van der Waals surface area contributed by atoms with Crippen molar-refractivity contribution in [1.29, 1.82) is 0 Å². The predicted octanol–water partition coefficient (Wildman–Crippen LogP) is 3.77. The first-order chi connectivity index (χ1) is 9.63. The lowest BCUT2D eigenvalue weighted by Crippen LogP contribution is -2.00. The van der Waals surface area contributed by atoms with Crippen molar-refractivity contribution in [2.75, 3.05) is 5.32 Å². The molecule has 1 aromatic heterocycles. The van der Waals surface area contributed by atoms with Gasteiger partial charge in [0, 0.05) is 10.6 Å². The van der Waals surface area contributed by atoms with E-state index in [4.69, 9.17) is 5.11 Å². The number of nitrogens with zero attached hydrogens (tertiary/aromatic N) is 1. The summed E-state index contributed by atoms with van der Waals surface area (Å²) in [6.45, 7) is 1.91. The zero-order chi connectivity index (χ0) is 14.1. The molecule has 4 nitrogen and oxygen atoms in total. The van der Waals surface area contributed by atoms with Crippen molar-refractivity contribution in [3.63, 3.8) is 0 Å². The zero-order valence-electron chi connectivity index (χ0n) is 11.3. The molecule has 0 aliphatic heterocycles. The van der Waals surface area contributed by atoms with Crippen molar-refractivity contribution in [2.24, 2.45) is 0 Å². The summed E-state index contributed by atoms with van der Waals surface area (Å²) in [4.78, 5) is 16.9. The molecule has 0 spiro atoms. The van der Waals surface area contributed by atoms with Crippen LogP contribution in [0, 0.1) is 6.92 Å². The van der Waals surface area contributed by atoms with Gasteiger partial charge in [-0.2, -0.15) is 0 Å². The second-order valence-corrected chi connectivity index (χ2v) is 6.14. The highest BCUT2D eigenvalue weighted by Gasteiger charge is 2.15. The van der Waals surface area contributed by atoms with Crippen molar-refractivity contribution in [2.45, 2.75) is 32.6 Å². The van der Waals surface area contributed by atoms with Gasteiger partial charge in [0.15, 0.2) is 5.13 Å². The lowest BCUT2D eigenvalue weighted by molar-refractivity contribution is 0.0697. The Morgan fingerprint density at radius 2 is 2.15 bits per heavy atom. The van der Waals surface area contributed by atoms with E-state index in [-0.39, 0.29) is 0 Å². The summed E-state index contributed by atoms with van der Waals surface area (Å²) in [6.07, 6.45) is 4.68. The Balaban J connectivity index is 1.84. The number of anilines is 2. The minimum atomic E-state index is -0.899. The van der Waals surface area contributed by atoms with Gasteiger partial charge in [0.2, 0.25) is 0 Å². The molecule has 1 aliphatic rings. The number of nitrogens with one attached hydrogen (secondary N) is 1. The SMILES string of the molecule is Cc1cc(C(=O)O)ccc1Nc1nc2c(s1)CCCC2. The lowest BCUT2D eigenvalue weighted by atomic mass is 10.0. The highest BCUT2D eigenvalue weighted by molar-refractivity contribution is 7.15. The number of aromatic nitrogens is 1. The van der Waals surface area contributed by atoms with Gasteiger partial charge in [-0.1, -0.05) is 0 Å². The van der Waals surface area contributed by atoms with Crippen LogP contribution < -0.4 is 5.32 Å². The normalized spacial score (nSPS) is 13.8. The second-order valence-electron chi connectivity index (χ2n) is 5.06. The maximum Gasteiger partial charge on any atom is 0.335 e. The number of rotatable bonds is 3. The van der Waals surface area contributed by atoms with Gasteiger partial charge in [0.05, 0.1) is 11.3 Å². The molecule has 0 radical (unpaired) electrons. The van der Waals surface area contributed by atoms with Crippen molar-refractivity contribution < 1.29 is 9.90 Å². The smallest absolute Gasteiger partial charge is 0.335 e. The third-order valence-corrected chi connectivity index (χ3v) is 4.63. The van der Waals surface area contributed by atoms with E-state index in [1.54, 1.807) is 29.5 Å². The number of thiazole rings is 1. The highest BCUT2D eigenvalue weighted by atomic mass is 32.1. The van der Waals surface area contributed by atoms with Crippen LogP contribution in [-0.4, -0.2) is 16.1 Å². The van der Waals surface area contributed by atoms with E-state index in [1.807, 2.05) is 6.92 Å². The maximum atomic E-state index is 10.9. The Labute approximate surface area is 121 Å². The zero-order valence-corrected chi connectivity index (χ0v) is 12.1. The van der Waals surface area contributed by atoms with Crippen LogP contribution in [0.1, 0.15) is 39.3 Å². The number of carboxylic acids is 1. The standard InChI is InChI=1S/C15H16N2O2S/c1-9-8-10(14(18)19)6-7-11(9)16-15-17-12-4-2-3-5-13(12)20-15/h6-8H,2-5H2,1H3,(H,16,17)(H,18,19). The Kier molecular flexibility index (Phi) is 3.44. The monoisotopic (exact) mass is 288 g/mol. The largest absolute Gasteiger partial charge is 0.478 e. The molecule has 0 saturated heterocycles. The predicted molar refractivity (Wildman–Crippen MR) is 80.2 cm³/mol. The third kappa shape index (κ3) is 2.54. The van der Waals surface area contributed by atoms with Crippen LogP contribution in [0.15, 0.2) is 18.2 Å². The third-order valence-electron chi connectivity index (χ3n) is 3.56. The molecule has 0 saturated carbocycles. The van der Waals surface area contributed by atoms with Crippen molar-refractivity contribution >= 4 is 28.1 Å². The fraction of sp³-hybridized carbons (Fsp3) is 0.333. The molecule has 104 valence electrons. The number of aryl methyl sites for hydroxylation is 3. The van der Waals surface area contributed by atoms with Gasteiger partial charge in [-0.15, -0.1) is 11.3 Å². The lowest BCUT2D eigenvalue weighted by Gasteiger charge is -2.07. The Morgan fingerprint density at radius 3 is 2.85 bits per heavy atom. The van der Waals surface area contributed by atoms with Crippen LogP contribution in [0.4, 0.5) is 10.8 Å². The van der Waals surface area contributed by atoms with Crippen LogP contribution in [0.3, 0.4) is 0 Å². The molecule has 2 N–H and O–H groups in total. The van der Waals surface area contributed by atoms with Crippen molar-refractivity contribution in [3.8, 4) is 0 Å². The summed E-state index contributed by atoms with van der Waals surface area (Å²) in [5, 5.41) is 13.2. The molecule has 0 unspecified atom stereocenters. The number of fused-ring (bicyclic) bond motifs is 1. The van der Waals surface area contributed by atoms with Gasteiger partial charge in [0.25, 0.3) is 0 Å². The van der Waals surface area contributed by atoms with Crippen LogP contribution in [0.2, 0.25) is 0 Å². The average molecular weight is 288 g/mol. The van der Waals surface area contributed by atoms with E-state index in [1.165, 1.54) is 23.4 Å². The van der Waals surface area contributed by atoms with Gasteiger partial charge in [-0.25, -0.2) is 9.78 Å². The Hall–Kier alpha value is -1.88. The van der Waals surface area contributed by atoms with Gasteiger partial charge in [-0.3, -0.25) is 0 Å². The summed E-state index contributed by atoms with van der Waals surface area (Å²) in [5.41, 5.74) is 3.37. The summed E-state index contributed by atoms with van der Waals surface area (Å²) < 4.78 is 0. The molecule has 0 amide bonds. The molecular weight excluding hydrogens is 272 g/mol. The number of carboxylic acid groups (broad SMARTS) is 1. The molecule has 1 heterocycles. The molecule has 1 aromatic carbocycles. The molecule has 5 heteroatoms. The van der Waals surface area contributed by atoms with Crippen LogP contribution >= 0.6 is 11.3 Å². The first-order valence-corrected chi connectivity index (χ1v) is 7.54. The van der Waals surface area contributed by atoms with E-state index < -0.39 is 5.97 Å². The van der Waals surface area contributed by atoms with Gasteiger partial charge >= 0.3 is 5.97 Å². The minimum Gasteiger partial charge on any atom is -0.478 e. The number of hydrogen-bond acceptors (Lipinski definition) is 4. The van der Waals surface area contributed by atoms with Crippen LogP contribution in [0.25, 0.3) is 0 Å². The average Bonchev–Trinajstić information content (AvgIpc) is 2.83. The van der Waals surface area contributed by atoms with Gasteiger partial charge in [0.1, 0.15) is 0 Å². The maximum absolute atomic E-state index is 10.9. The van der Waals surface area contributed by atoms with Crippen molar-refractivity contribution in [1.82, 2.24) is 4.98 Å². The molecule has 0 fully saturated rings. The molecule has 1 aliphatic carbocycles. The second kappa shape index (κ2) is 5.25. The molecule has 0 atom stereocenters. The Bertz CT molecular complexity index is 640. The number of aromatic carboxylic acids is 1. The fourth-order valence-corrected chi connectivity index (χ4v) is 3.52. The van der Waals surface area contributed by atoms with Crippen LogP contribution in [0.5, 0.6) is 0 Å². The fourth-order valence-electron chi connectivity index (χ4n) is 2.46. The molecular formula is C15H16N2O2S. The quantitative estimate of drug-likeness (QED) is 0.902. The molecule has 0 bridgehead atoms. The van der Waals surface area contributed by atoms with Crippen LogP contribution in [-0.2, 0) is 12.8 Å². The van der Waals surface area contributed by atoms with Crippen molar-refractivity contribution in [3.05, 3.63) is 39.9 Å². The van der Waals surface area contributed by atoms with E-state index in [9.17, 15) is 4.79 Å². The summed E-state index contributed by atoms with van der Waals surface area (Å²) in [7, 11) is 0. The number of carbonyl (C=O) groups is 1. The minimum absolute atomic E-state index is 0.312. The summed E-state index contributed by atoms with van der Waals surface area (Å²) >= 11 is 1.71. The molecule has 3 rings (SSSR count). The summed E-state index contributed by atoms with van der Waals surface area (Å²) in [6, 6.07) is 5.10. The van der Waals surface area contributed by atoms with E-state index >= 15 is 0 Å². The molecule has 20 heavy (non-hydrogen) atoms. The first-order valence-electron chi connectivity index (χ1n) is 6.73. The van der Waals surface area contributed by atoms with E-state index in [2.05, 4.69) is 10.3 Å². The topological polar surface area (TPSA) is 62.2 Å². The number of benzene rings is 1. The number of hydrogen-bond donors (Lipinski definition) is 2. The van der Waals surface area contributed by atoms with E-state index in [0.717, 1.165) is 29.2 Å². The highest BCUT2D eigenvalue weighted by Crippen LogP contribution is 2.32. The van der Waals surface area contributed by atoms with Gasteiger partial charge < -0.3 is 10.4 Å². The van der Waals surface area contributed by atoms with E-state index in [0.29, 0.717) is 5.56 Å². The van der Waals surface area contributed by atoms with Gasteiger partial charge in [-0.05, 0) is 56.4 Å². The summed E-state index contributed by atoms with van der Waals surface area (Å²) in [5.74, 6) is -0.899. The Morgan fingerprint density at radius 1 is 1.35 bits per heavy atom.